The van der Waals surface area contributed by atoms with Gasteiger partial charge in [-0.15, -0.1) is 11.3 Å². The van der Waals surface area contributed by atoms with Crippen molar-refractivity contribution < 1.29 is 14.3 Å². The Morgan fingerprint density at radius 1 is 1.46 bits per heavy atom. The number of hydrogen-bond donors (Lipinski definition) is 1. The van der Waals surface area contributed by atoms with Crippen LogP contribution in [0.4, 0.5) is 0 Å². The maximum Gasteiger partial charge on any atom is 0.346 e. The summed E-state index contributed by atoms with van der Waals surface area (Å²) < 4.78 is 5.11. The fourth-order valence-corrected chi connectivity index (χ4v) is 1.84. The fourth-order valence-electron chi connectivity index (χ4n) is 1.10. The van der Waals surface area contributed by atoms with Gasteiger partial charge in [-0.05, 0) is 23.6 Å². The third kappa shape index (κ3) is 1.36. The minimum Gasteiger partial charge on any atom is -0.477 e. The molecule has 0 unspecified atom stereocenters. The van der Waals surface area contributed by atoms with Crippen LogP contribution >= 0.6 is 11.3 Å². The number of thiophene rings is 1. The Morgan fingerprint density at radius 3 is 2.92 bits per heavy atom. The number of carboxylic acids is 1. The summed E-state index contributed by atoms with van der Waals surface area (Å²) in [7, 11) is 0. The number of carbonyl (C=O) groups is 1. The molecule has 13 heavy (non-hydrogen) atoms. The SMILES string of the molecule is O=C(O)c1sccc1-c1ccco1. The number of carboxylic acid groups (broad SMARTS) is 1. The maximum atomic E-state index is 10.7. The summed E-state index contributed by atoms with van der Waals surface area (Å²) in [6.07, 6.45) is 1.53. The summed E-state index contributed by atoms with van der Waals surface area (Å²) in [5.74, 6) is -0.319. The summed E-state index contributed by atoms with van der Waals surface area (Å²) in [6, 6.07) is 5.22. The van der Waals surface area contributed by atoms with Crippen LogP contribution < -0.4 is 0 Å². The second-order valence-electron chi connectivity index (χ2n) is 2.45. The van der Waals surface area contributed by atoms with E-state index < -0.39 is 5.97 Å². The molecule has 0 bridgehead atoms. The first-order valence-electron chi connectivity index (χ1n) is 3.63. The van der Waals surface area contributed by atoms with Crippen LogP contribution in [0.25, 0.3) is 11.3 Å². The van der Waals surface area contributed by atoms with Crippen LogP contribution in [0.2, 0.25) is 0 Å². The molecule has 0 atom stereocenters. The van der Waals surface area contributed by atoms with Crippen molar-refractivity contribution >= 4 is 17.3 Å². The molecular weight excluding hydrogens is 188 g/mol. The molecule has 0 aliphatic heterocycles. The molecule has 0 fully saturated rings. The summed E-state index contributed by atoms with van der Waals surface area (Å²) in [4.78, 5) is 11.1. The first-order chi connectivity index (χ1) is 6.29. The van der Waals surface area contributed by atoms with Gasteiger partial charge >= 0.3 is 5.97 Å². The molecule has 2 aromatic heterocycles. The molecule has 0 spiro atoms. The van der Waals surface area contributed by atoms with Crippen LogP contribution in [-0.4, -0.2) is 11.1 Å². The van der Waals surface area contributed by atoms with Gasteiger partial charge in [0, 0.05) is 5.56 Å². The van der Waals surface area contributed by atoms with Crippen molar-refractivity contribution in [1.29, 1.82) is 0 Å². The molecule has 2 rings (SSSR count). The first kappa shape index (κ1) is 8.07. The van der Waals surface area contributed by atoms with Gasteiger partial charge in [0.05, 0.1) is 6.26 Å². The van der Waals surface area contributed by atoms with E-state index in [9.17, 15) is 4.79 Å². The van der Waals surface area contributed by atoms with Gasteiger partial charge in [0.25, 0.3) is 0 Å². The lowest BCUT2D eigenvalue weighted by Gasteiger charge is -1.93. The highest BCUT2D eigenvalue weighted by atomic mass is 32.1. The number of rotatable bonds is 2. The Hall–Kier alpha value is -1.55. The minimum atomic E-state index is -0.915. The van der Waals surface area contributed by atoms with Crippen molar-refractivity contribution in [2.75, 3.05) is 0 Å². The highest BCUT2D eigenvalue weighted by Crippen LogP contribution is 2.28. The van der Waals surface area contributed by atoms with Gasteiger partial charge in [-0.3, -0.25) is 0 Å². The number of furan rings is 1. The second kappa shape index (κ2) is 3.06. The molecule has 2 heterocycles. The van der Waals surface area contributed by atoms with Gasteiger partial charge in [0.15, 0.2) is 0 Å². The molecule has 1 N–H and O–H groups in total. The topological polar surface area (TPSA) is 50.4 Å². The van der Waals surface area contributed by atoms with Crippen LogP contribution in [0.3, 0.4) is 0 Å². The lowest BCUT2D eigenvalue weighted by molar-refractivity contribution is 0.0702. The monoisotopic (exact) mass is 194 g/mol. The van der Waals surface area contributed by atoms with Gasteiger partial charge in [0.1, 0.15) is 10.6 Å². The van der Waals surface area contributed by atoms with Gasteiger partial charge in [0.2, 0.25) is 0 Å². The molecule has 0 saturated carbocycles. The average Bonchev–Trinajstić information content (AvgIpc) is 2.74. The zero-order chi connectivity index (χ0) is 9.26. The van der Waals surface area contributed by atoms with Crippen LogP contribution in [0.15, 0.2) is 34.3 Å². The minimum absolute atomic E-state index is 0.315. The largest absolute Gasteiger partial charge is 0.477 e. The van der Waals surface area contributed by atoms with E-state index in [2.05, 4.69) is 0 Å². The molecular formula is C9H6O3S. The third-order valence-corrected chi connectivity index (χ3v) is 2.55. The molecule has 0 aliphatic rings. The van der Waals surface area contributed by atoms with Crippen molar-refractivity contribution in [3.05, 3.63) is 34.7 Å². The van der Waals surface area contributed by atoms with Gasteiger partial charge in [-0.2, -0.15) is 0 Å². The lowest BCUT2D eigenvalue weighted by Crippen LogP contribution is -1.93. The molecule has 0 aliphatic carbocycles. The molecule has 0 amide bonds. The number of aromatic carboxylic acids is 1. The summed E-state index contributed by atoms with van der Waals surface area (Å²) in [6.45, 7) is 0. The summed E-state index contributed by atoms with van der Waals surface area (Å²) >= 11 is 1.20. The maximum absolute atomic E-state index is 10.7. The molecule has 2 aromatic rings. The Bertz CT molecular complexity index is 414. The van der Waals surface area contributed by atoms with E-state index in [1.54, 1.807) is 23.6 Å². The quantitative estimate of drug-likeness (QED) is 0.799. The van der Waals surface area contributed by atoms with Crippen LogP contribution in [0, 0.1) is 0 Å². The fraction of sp³-hybridized carbons (Fsp3) is 0. The van der Waals surface area contributed by atoms with Crippen LogP contribution in [0.1, 0.15) is 9.67 Å². The lowest BCUT2D eigenvalue weighted by atomic mass is 10.2. The zero-order valence-electron chi connectivity index (χ0n) is 6.56. The third-order valence-electron chi connectivity index (χ3n) is 1.65. The van der Waals surface area contributed by atoms with Crippen molar-refractivity contribution in [2.45, 2.75) is 0 Å². The van der Waals surface area contributed by atoms with Crippen molar-refractivity contribution in [3.8, 4) is 11.3 Å². The second-order valence-corrected chi connectivity index (χ2v) is 3.36. The smallest absolute Gasteiger partial charge is 0.346 e. The van der Waals surface area contributed by atoms with E-state index in [1.807, 2.05) is 0 Å². The Labute approximate surface area is 78.2 Å². The van der Waals surface area contributed by atoms with Crippen molar-refractivity contribution in [2.24, 2.45) is 0 Å². The molecule has 0 saturated heterocycles. The highest BCUT2D eigenvalue weighted by Gasteiger charge is 2.14. The predicted octanol–water partition coefficient (Wildman–Crippen LogP) is 2.71. The molecule has 66 valence electrons. The Morgan fingerprint density at radius 2 is 2.31 bits per heavy atom. The first-order valence-corrected chi connectivity index (χ1v) is 4.51. The standard InChI is InChI=1S/C9H6O3S/c10-9(11)8-6(3-5-13-8)7-2-1-4-12-7/h1-5H,(H,10,11). The predicted molar refractivity (Wildman–Crippen MR) is 49.0 cm³/mol. The van der Waals surface area contributed by atoms with E-state index >= 15 is 0 Å². The Balaban J connectivity index is 2.52. The van der Waals surface area contributed by atoms with Crippen molar-refractivity contribution in [1.82, 2.24) is 0 Å². The van der Waals surface area contributed by atoms with E-state index in [0.717, 1.165) is 0 Å². The highest BCUT2D eigenvalue weighted by molar-refractivity contribution is 7.12. The normalized spacial score (nSPS) is 10.2. The Kier molecular flexibility index (Phi) is 1.90. The summed E-state index contributed by atoms with van der Waals surface area (Å²) in [5, 5.41) is 10.6. The van der Waals surface area contributed by atoms with Crippen LogP contribution in [0.5, 0.6) is 0 Å². The van der Waals surface area contributed by atoms with Gasteiger partial charge in [-0.1, -0.05) is 0 Å². The van der Waals surface area contributed by atoms with Crippen LogP contribution in [-0.2, 0) is 0 Å². The van der Waals surface area contributed by atoms with E-state index in [0.29, 0.717) is 16.2 Å². The van der Waals surface area contributed by atoms with E-state index in [-0.39, 0.29) is 0 Å². The molecule has 0 radical (unpaired) electrons. The average molecular weight is 194 g/mol. The summed E-state index contributed by atoms with van der Waals surface area (Å²) in [5.41, 5.74) is 0.641. The zero-order valence-corrected chi connectivity index (χ0v) is 7.38. The van der Waals surface area contributed by atoms with Gasteiger partial charge in [-0.25, -0.2) is 4.79 Å². The van der Waals surface area contributed by atoms with Crippen molar-refractivity contribution in [3.63, 3.8) is 0 Å². The van der Waals surface area contributed by atoms with E-state index in [4.69, 9.17) is 9.52 Å². The molecule has 3 nitrogen and oxygen atoms in total. The molecule has 0 aromatic carbocycles. The molecule has 4 heteroatoms. The van der Waals surface area contributed by atoms with Gasteiger partial charge < -0.3 is 9.52 Å². The van der Waals surface area contributed by atoms with E-state index in [1.165, 1.54) is 17.6 Å². The number of hydrogen-bond acceptors (Lipinski definition) is 3.